The molecule has 1 atom stereocenters. The number of alkyl halides is 1. The van der Waals surface area contributed by atoms with E-state index in [0.29, 0.717) is 10.1 Å². The normalized spacial score (nSPS) is 12.6. The molecule has 0 amide bonds. The first kappa shape index (κ1) is 11.3. The van der Waals surface area contributed by atoms with E-state index in [9.17, 15) is 14.0 Å². The minimum absolute atomic E-state index is 0.0626. The molecule has 0 aliphatic rings. The lowest BCUT2D eigenvalue weighted by Gasteiger charge is -2.11. The van der Waals surface area contributed by atoms with Gasteiger partial charge in [0.15, 0.2) is 0 Å². The number of halogens is 1. The Bertz CT molecular complexity index is 651. The third kappa shape index (κ3) is 1.77. The van der Waals surface area contributed by atoms with Crippen molar-refractivity contribution >= 4 is 17.0 Å². The van der Waals surface area contributed by atoms with Crippen LogP contribution in [0.5, 0.6) is 0 Å². The van der Waals surface area contributed by atoms with Gasteiger partial charge in [0, 0.05) is 0 Å². The number of carboxylic acid groups (broad SMARTS) is 1. The number of rotatable bonds is 2. The second-order valence-corrected chi connectivity index (χ2v) is 3.54. The zero-order valence-corrected chi connectivity index (χ0v) is 8.92. The van der Waals surface area contributed by atoms with E-state index in [2.05, 4.69) is 4.98 Å². The fourth-order valence-electron chi connectivity index (χ4n) is 1.61. The number of carboxylic acids is 1. The minimum atomic E-state index is -2.41. The maximum Gasteiger partial charge on any atom is 0.360 e. The van der Waals surface area contributed by atoms with E-state index in [1.165, 1.54) is 13.0 Å². The first-order valence-corrected chi connectivity index (χ1v) is 4.87. The number of fused-ring (bicyclic) bond motifs is 1. The van der Waals surface area contributed by atoms with Crippen molar-refractivity contribution in [2.75, 3.05) is 0 Å². The molecule has 1 N–H and O–H groups in total. The van der Waals surface area contributed by atoms with Crippen LogP contribution in [0.2, 0.25) is 0 Å². The maximum atomic E-state index is 13.6. The fraction of sp³-hybridized carbons (Fsp3) is 0.182. The van der Waals surface area contributed by atoms with Crippen LogP contribution in [0.4, 0.5) is 4.39 Å². The van der Waals surface area contributed by atoms with Crippen LogP contribution in [-0.4, -0.2) is 20.6 Å². The SMILES string of the molecule is Cc1nc2ccccc2n(C(F)C(=O)O)c1=O. The zero-order valence-electron chi connectivity index (χ0n) is 8.92. The Kier molecular flexibility index (Phi) is 2.63. The van der Waals surface area contributed by atoms with Crippen molar-refractivity contribution in [2.24, 2.45) is 0 Å². The van der Waals surface area contributed by atoms with Crippen LogP contribution >= 0.6 is 0 Å². The molecule has 1 heterocycles. The Labute approximate surface area is 95.1 Å². The molecule has 0 fully saturated rings. The molecular weight excluding hydrogens is 227 g/mol. The first-order valence-electron chi connectivity index (χ1n) is 4.87. The Morgan fingerprint density at radius 2 is 2.12 bits per heavy atom. The predicted octanol–water partition coefficient (Wildman–Crippen LogP) is 1.26. The van der Waals surface area contributed by atoms with Gasteiger partial charge in [0.05, 0.1) is 11.0 Å². The largest absolute Gasteiger partial charge is 0.478 e. The number of aromatic nitrogens is 2. The van der Waals surface area contributed by atoms with Crippen LogP contribution in [0.25, 0.3) is 11.0 Å². The maximum absolute atomic E-state index is 13.6. The summed E-state index contributed by atoms with van der Waals surface area (Å²) in [6.07, 6.45) is -2.41. The molecule has 5 nitrogen and oxygen atoms in total. The summed E-state index contributed by atoms with van der Waals surface area (Å²) in [4.78, 5) is 26.4. The van der Waals surface area contributed by atoms with Gasteiger partial charge in [0.1, 0.15) is 5.69 Å². The molecule has 6 heteroatoms. The minimum Gasteiger partial charge on any atom is -0.478 e. The molecule has 0 aliphatic heterocycles. The summed E-state index contributed by atoms with van der Waals surface area (Å²) < 4.78 is 14.2. The highest BCUT2D eigenvalue weighted by Gasteiger charge is 2.22. The van der Waals surface area contributed by atoms with Gasteiger partial charge in [-0.15, -0.1) is 0 Å². The van der Waals surface area contributed by atoms with Crippen LogP contribution < -0.4 is 5.56 Å². The van der Waals surface area contributed by atoms with Crippen molar-refractivity contribution in [1.82, 2.24) is 9.55 Å². The van der Waals surface area contributed by atoms with E-state index in [1.54, 1.807) is 18.2 Å². The molecule has 1 unspecified atom stereocenters. The highest BCUT2D eigenvalue weighted by molar-refractivity contribution is 5.78. The standard InChI is InChI=1S/C11H9FN2O3/c1-6-10(15)14(9(12)11(16)17)8-5-3-2-4-7(8)13-6/h2-5,9H,1H3,(H,16,17). The Balaban J connectivity index is 2.88. The highest BCUT2D eigenvalue weighted by atomic mass is 19.1. The van der Waals surface area contributed by atoms with Crippen molar-refractivity contribution < 1.29 is 14.3 Å². The lowest BCUT2D eigenvalue weighted by Crippen LogP contribution is -2.29. The van der Waals surface area contributed by atoms with Crippen LogP contribution in [0, 0.1) is 6.92 Å². The monoisotopic (exact) mass is 236 g/mol. The number of carbonyl (C=O) groups is 1. The van der Waals surface area contributed by atoms with E-state index in [-0.39, 0.29) is 11.2 Å². The molecule has 0 spiro atoms. The average Bonchev–Trinajstić information content (AvgIpc) is 2.30. The van der Waals surface area contributed by atoms with Gasteiger partial charge >= 0.3 is 5.97 Å². The van der Waals surface area contributed by atoms with Gasteiger partial charge in [-0.1, -0.05) is 12.1 Å². The lowest BCUT2D eigenvalue weighted by molar-refractivity contribution is -0.146. The molecule has 0 bridgehead atoms. The summed E-state index contributed by atoms with van der Waals surface area (Å²) in [5, 5.41) is 8.66. The first-order chi connectivity index (χ1) is 8.02. The summed E-state index contributed by atoms with van der Waals surface area (Å²) in [5.41, 5.74) is -0.127. The second-order valence-electron chi connectivity index (χ2n) is 3.54. The second kappa shape index (κ2) is 3.97. The topological polar surface area (TPSA) is 72.2 Å². The average molecular weight is 236 g/mol. The van der Waals surface area contributed by atoms with E-state index in [1.807, 2.05) is 0 Å². The lowest BCUT2D eigenvalue weighted by atomic mass is 10.2. The molecule has 1 aromatic carbocycles. The summed E-state index contributed by atoms with van der Waals surface area (Å²) in [5.74, 6) is -1.71. The van der Waals surface area contributed by atoms with Crippen molar-refractivity contribution in [3.8, 4) is 0 Å². The number of nitrogens with zero attached hydrogens (tertiary/aromatic N) is 2. The summed E-state index contributed by atoms with van der Waals surface area (Å²) in [7, 11) is 0. The van der Waals surface area contributed by atoms with Crippen molar-refractivity contribution in [2.45, 2.75) is 13.2 Å². The number of hydrogen-bond donors (Lipinski definition) is 1. The molecular formula is C11H9FN2O3. The van der Waals surface area contributed by atoms with Gasteiger partial charge in [0.2, 0.25) is 0 Å². The van der Waals surface area contributed by atoms with Crippen molar-refractivity contribution in [1.29, 1.82) is 0 Å². The summed E-state index contributed by atoms with van der Waals surface area (Å²) in [6, 6.07) is 6.31. The van der Waals surface area contributed by atoms with Gasteiger partial charge in [-0.05, 0) is 19.1 Å². The number of aliphatic carboxylic acids is 1. The Morgan fingerprint density at radius 1 is 1.47 bits per heavy atom. The third-order valence-electron chi connectivity index (χ3n) is 2.39. The number of benzene rings is 1. The molecule has 88 valence electrons. The summed E-state index contributed by atoms with van der Waals surface area (Å²) in [6.45, 7) is 1.42. The van der Waals surface area contributed by atoms with Gasteiger partial charge in [-0.3, -0.25) is 9.36 Å². The van der Waals surface area contributed by atoms with Gasteiger partial charge in [-0.2, -0.15) is 0 Å². The van der Waals surface area contributed by atoms with E-state index in [4.69, 9.17) is 5.11 Å². The molecule has 0 radical (unpaired) electrons. The third-order valence-corrected chi connectivity index (χ3v) is 2.39. The molecule has 0 saturated carbocycles. The Morgan fingerprint density at radius 3 is 2.76 bits per heavy atom. The van der Waals surface area contributed by atoms with Crippen molar-refractivity contribution in [3.05, 3.63) is 40.3 Å². The molecule has 1 aromatic heterocycles. The fourth-order valence-corrected chi connectivity index (χ4v) is 1.61. The Hall–Kier alpha value is -2.24. The molecule has 0 saturated heterocycles. The van der Waals surface area contributed by atoms with Crippen LogP contribution in [-0.2, 0) is 4.79 Å². The molecule has 2 rings (SSSR count). The molecule has 0 aliphatic carbocycles. The van der Waals surface area contributed by atoms with Crippen molar-refractivity contribution in [3.63, 3.8) is 0 Å². The molecule has 17 heavy (non-hydrogen) atoms. The van der Waals surface area contributed by atoms with Crippen LogP contribution in [0.15, 0.2) is 29.1 Å². The predicted molar refractivity (Wildman–Crippen MR) is 58.5 cm³/mol. The number of aryl methyl sites for hydroxylation is 1. The van der Waals surface area contributed by atoms with Gasteiger partial charge in [-0.25, -0.2) is 14.2 Å². The number of para-hydroxylation sites is 2. The van der Waals surface area contributed by atoms with E-state index < -0.39 is 17.8 Å². The quantitative estimate of drug-likeness (QED) is 0.851. The smallest absolute Gasteiger partial charge is 0.360 e. The van der Waals surface area contributed by atoms with Gasteiger partial charge < -0.3 is 5.11 Å². The van der Waals surface area contributed by atoms with E-state index in [0.717, 1.165) is 0 Å². The zero-order chi connectivity index (χ0) is 12.6. The number of hydrogen-bond acceptors (Lipinski definition) is 3. The van der Waals surface area contributed by atoms with Crippen LogP contribution in [0.1, 0.15) is 12.0 Å². The van der Waals surface area contributed by atoms with Gasteiger partial charge in [0.25, 0.3) is 11.9 Å². The van der Waals surface area contributed by atoms with E-state index >= 15 is 0 Å². The summed E-state index contributed by atoms with van der Waals surface area (Å²) >= 11 is 0. The van der Waals surface area contributed by atoms with Crippen LogP contribution in [0.3, 0.4) is 0 Å². The molecule has 2 aromatic rings. The highest BCUT2D eigenvalue weighted by Crippen LogP contribution is 2.15.